The van der Waals surface area contributed by atoms with Gasteiger partial charge in [-0.2, -0.15) is 5.10 Å². The summed E-state index contributed by atoms with van der Waals surface area (Å²) in [6.45, 7) is 12.5. The number of aromatic nitrogens is 2. The first-order chi connectivity index (χ1) is 13.2. The predicted molar refractivity (Wildman–Crippen MR) is 107 cm³/mol. The van der Waals surface area contributed by atoms with Crippen molar-refractivity contribution >= 4 is 11.9 Å². The molecule has 8 nitrogen and oxygen atoms in total. The molecule has 150 valence electrons. The molecule has 0 radical (unpaired) electrons. The molecule has 2 fully saturated rings. The molecule has 1 amide bonds. The SMILES string of the molecule is CCNC(=NCCn1cc(C)cn1)N1CCN(CC(=O)N2CCCC2)CC1. The van der Waals surface area contributed by atoms with Crippen LogP contribution in [0.25, 0.3) is 0 Å². The molecule has 0 atom stereocenters. The van der Waals surface area contributed by atoms with Crippen LogP contribution < -0.4 is 5.32 Å². The summed E-state index contributed by atoms with van der Waals surface area (Å²) in [7, 11) is 0. The van der Waals surface area contributed by atoms with Crippen molar-refractivity contribution in [1.29, 1.82) is 0 Å². The number of guanidine groups is 1. The van der Waals surface area contributed by atoms with Crippen LogP contribution >= 0.6 is 0 Å². The van der Waals surface area contributed by atoms with Crippen LogP contribution in [-0.2, 0) is 11.3 Å². The maximum Gasteiger partial charge on any atom is 0.236 e. The van der Waals surface area contributed by atoms with Crippen molar-refractivity contribution < 1.29 is 4.79 Å². The summed E-state index contributed by atoms with van der Waals surface area (Å²) >= 11 is 0. The molecule has 27 heavy (non-hydrogen) atoms. The van der Waals surface area contributed by atoms with Crippen LogP contribution in [0.5, 0.6) is 0 Å². The highest BCUT2D eigenvalue weighted by atomic mass is 16.2. The molecule has 1 N–H and O–H groups in total. The smallest absolute Gasteiger partial charge is 0.236 e. The molecule has 0 bridgehead atoms. The van der Waals surface area contributed by atoms with E-state index in [0.29, 0.717) is 13.1 Å². The molecule has 0 aromatic carbocycles. The molecule has 3 heterocycles. The first-order valence-electron chi connectivity index (χ1n) is 10.2. The van der Waals surface area contributed by atoms with Gasteiger partial charge in [0.25, 0.3) is 0 Å². The van der Waals surface area contributed by atoms with E-state index in [1.807, 2.05) is 28.9 Å². The summed E-state index contributed by atoms with van der Waals surface area (Å²) in [5.41, 5.74) is 1.17. The van der Waals surface area contributed by atoms with E-state index in [-0.39, 0.29) is 5.91 Å². The van der Waals surface area contributed by atoms with Crippen LogP contribution in [0.15, 0.2) is 17.4 Å². The Hall–Kier alpha value is -2.09. The van der Waals surface area contributed by atoms with Crippen LogP contribution in [0.2, 0.25) is 0 Å². The molecular weight excluding hydrogens is 342 g/mol. The Morgan fingerprint density at radius 2 is 1.89 bits per heavy atom. The van der Waals surface area contributed by atoms with E-state index in [2.05, 4.69) is 27.1 Å². The molecule has 1 aromatic heterocycles. The fourth-order valence-electron chi connectivity index (χ4n) is 3.65. The van der Waals surface area contributed by atoms with E-state index in [0.717, 1.165) is 71.2 Å². The predicted octanol–water partition coefficient (Wildman–Crippen LogP) is 0.397. The third-order valence-corrected chi connectivity index (χ3v) is 5.18. The fourth-order valence-corrected chi connectivity index (χ4v) is 3.65. The van der Waals surface area contributed by atoms with Gasteiger partial charge in [-0.25, -0.2) is 0 Å². The summed E-state index contributed by atoms with van der Waals surface area (Å²) in [5, 5.41) is 7.71. The van der Waals surface area contributed by atoms with Crippen molar-refractivity contribution in [2.75, 3.05) is 58.9 Å². The fraction of sp³-hybridized carbons (Fsp3) is 0.737. The second-order valence-corrected chi connectivity index (χ2v) is 7.37. The third kappa shape index (κ3) is 5.69. The molecule has 0 saturated carbocycles. The molecule has 2 aliphatic rings. The lowest BCUT2D eigenvalue weighted by Crippen LogP contribution is -2.54. The summed E-state index contributed by atoms with van der Waals surface area (Å²) in [4.78, 5) is 23.7. The molecule has 2 aliphatic heterocycles. The first kappa shape index (κ1) is 19.7. The second kappa shape index (κ2) is 9.73. The van der Waals surface area contributed by atoms with Crippen molar-refractivity contribution in [1.82, 2.24) is 29.8 Å². The van der Waals surface area contributed by atoms with Gasteiger partial charge in [-0.05, 0) is 32.3 Å². The molecule has 1 aromatic rings. The third-order valence-electron chi connectivity index (χ3n) is 5.18. The maximum absolute atomic E-state index is 12.3. The highest BCUT2D eigenvalue weighted by Crippen LogP contribution is 2.09. The Kier molecular flexibility index (Phi) is 7.09. The molecule has 2 saturated heterocycles. The lowest BCUT2D eigenvalue weighted by molar-refractivity contribution is -0.131. The maximum atomic E-state index is 12.3. The minimum Gasteiger partial charge on any atom is -0.357 e. The number of carbonyl (C=O) groups is 1. The number of nitrogens with one attached hydrogen (secondary N) is 1. The Balaban J connectivity index is 1.45. The van der Waals surface area contributed by atoms with E-state index < -0.39 is 0 Å². The minimum absolute atomic E-state index is 0.288. The van der Waals surface area contributed by atoms with Gasteiger partial charge in [0.1, 0.15) is 0 Å². The number of aliphatic imine (C=N–C) groups is 1. The molecular formula is C19H33N7O. The minimum atomic E-state index is 0.288. The first-order valence-corrected chi connectivity index (χ1v) is 10.2. The van der Waals surface area contributed by atoms with E-state index in [4.69, 9.17) is 4.99 Å². The van der Waals surface area contributed by atoms with Crippen LogP contribution in [0.3, 0.4) is 0 Å². The quantitative estimate of drug-likeness (QED) is 0.576. The van der Waals surface area contributed by atoms with Crippen molar-refractivity contribution in [3.8, 4) is 0 Å². The number of piperazine rings is 1. The van der Waals surface area contributed by atoms with Gasteiger partial charge in [0.05, 0.1) is 25.8 Å². The number of nitrogens with zero attached hydrogens (tertiary/aromatic N) is 6. The number of rotatable bonds is 6. The highest BCUT2D eigenvalue weighted by Gasteiger charge is 2.24. The summed E-state index contributed by atoms with van der Waals surface area (Å²) < 4.78 is 1.93. The van der Waals surface area contributed by atoms with E-state index in [1.165, 1.54) is 5.56 Å². The standard InChI is InChI=1S/C19H33N7O/c1-3-20-19(21-6-9-26-15-17(2)14-22-26)25-12-10-23(11-13-25)16-18(27)24-7-4-5-8-24/h14-15H,3-13,16H2,1-2H3,(H,20,21). The van der Waals surface area contributed by atoms with Gasteiger partial charge in [-0.3, -0.25) is 19.4 Å². The molecule has 8 heteroatoms. The number of carbonyl (C=O) groups excluding carboxylic acids is 1. The van der Waals surface area contributed by atoms with Crippen LogP contribution in [0.1, 0.15) is 25.3 Å². The normalized spacial score (nSPS) is 19.0. The van der Waals surface area contributed by atoms with Crippen molar-refractivity contribution in [2.45, 2.75) is 33.2 Å². The van der Waals surface area contributed by atoms with E-state index >= 15 is 0 Å². The zero-order valence-electron chi connectivity index (χ0n) is 16.7. The molecule has 0 unspecified atom stereocenters. The van der Waals surface area contributed by atoms with E-state index in [9.17, 15) is 4.79 Å². The topological polar surface area (TPSA) is 69.0 Å². The average molecular weight is 376 g/mol. The number of hydrogen-bond donors (Lipinski definition) is 1. The zero-order valence-corrected chi connectivity index (χ0v) is 16.7. The largest absolute Gasteiger partial charge is 0.357 e. The van der Waals surface area contributed by atoms with Gasteiger partial charge in [-0.1, -0.05) is 0 Å². The summed E-state index contributed by atoms with van der Waals surface area (Å²) in [6.07, 6.45) is 6.22. The summed E-state index contributed by atoms with van der Waals surface area (Å²) in [6, 6.07) is 0. The number of hydrogen-bond acceptors (Lipinski definition) is 4. The van der Waals surface area contributed by atoms with E-state index in [1.54, 1.807) is 0 Å². The zero-order chi connectivity index (χ0) is 19.1. The van der Waals surface area contributed by atoms with Crippen molar-refractivity contribution in [2.24, 2.45) is 4.99 Å². The Morgan fingerprint density at radius 3 is 2.52 bits per heavy atom. The molecule has 0 spiro atoms. The van der Waals surface area contributed by atoms with Gasteiger partial charge in [0.15, 0.2) is 5.96 Å². The van der Waals surface area contributed by atoms with Crippen LogP contribution in [0, 0.1) is 6.92 Å². The van der Waals surface area contributed by atoms with Gasteiger partial charge < -0.3 is 15.1 Å². The highest BCUT2D eigenvalue weighted by molar-refractivity contribution is 5.80. The Labute approximate surface area is 162 Å². The number of aryl methyl sites for hydroxylation is 1. The van der Waals surface area contributed by atoms with Gasteiger partial charge in [0.2, 0.25) is 5.91 Å². The lowest BCUT2D eigenvalue weighted by Gasteiger charge is -2.36. The Bertz CT molecular complexity index is 628. The lowest BCUT2D eigenvalue weighted by atomic mass is 10.3. The second-order valence-electron chi connectivity index (χ2n) is 7.37. The molecule has 3 rings (SSSR count). The van der Waals surface area contributed by atoms with Gasteiger partial charge >= 0.3 is 0 Å². The average Bonchev–Trinajstić information content (AvgIpc) is 3.34. The van der Waals surface area contributed by atoms with Gasteiger partial charge in [0, 0.05) is 52.0 Å². The Morgan fingerprint density at radius 1 is 1.15 bits per heavy atom. The van der Waals surface area contributed by atoms with Crippen molar-refractivity contribution in [3.05, 3.63) is 18.0 Å². The monoisotopic (exact) mass is 375 g/mol. The van der Waals surface area contributed by atoms with Crippen LogP contribution in [-0.4, -0.2) is 95.2 Å². The number of likely N-dealkylation sites (tertiary alicyclic amines) is 1. The van der Waals surface area contributed by atoms with Crippen molar-refractivity contribution in [3.63, 3.8) is 0 Å². The summed E-state index contributed by atoms with van der Waals surface area (Å²) in [5.74, 6) is 1.25. The van der Waals surface area contributed by atoms with Crippen LogP contribution in [0.4, 0.5) is 0 Å². The molecule has 0 aliphatic carbocycles. The van der Waals surface area contributed by atoms with Gasteiger partial charge in [-0.15, -0.1) is 0 Å². The number of amides is 1.